The summed E-state index contributed by atoms with van der Waals surface area (Å²) in [6.45, 7) is 2.31. The number of para-hydroxylation sites is 1. The number of nitrogens with zero attached hydrogens (tertiary/aromatic N) is 1. The Morgan fingerprint density at radius 1 is 1.26 bits per heavy atom. The van der Waals surface area contributed by atoms with Gasteiger partial charge in [-0.3, -0.25) is 4.79 Å². The molecular weight excluding hydrogens is 238 g/mol. The Morgan fingerprint density at radius 2 is 2.16 bits per heavy atom. The van der Waals surface area contributed by atoms with E-state index in [2.05, 4.69) is 4.90 Å². The number of hydrogen-bond donors (Lipinski definition) is 0. The smallest absolute Gasteiger partial charge is 0.170 e. The molecule has 1 aromatic carbocycles. The van der Waals surface area contributed by atoms with Crippen LogP contribution in [0.5, 0.6) is 5.75 Å². The van der Waals surface area contributed by atoms with Crippen LogP contribution in [0.3, 0.4) is 0 Å². The van der Waals surface area contributed by atoms with Crippen LogP contribution in [0.1, 0.15) is 42.5 Å². The van der Waals surface area contributed by atoms with Gasteiger partial charge in [-0.2, -0.15) is 0 Å². The van der Waals surface area contributed by atoms with E-state index in [0.29, 0.717) is 12.5 Å². The van der Waals surface area contributed by atoms with E-state index >= 15 is 0 Å². The predicted molar refractivity (Wildman–Crippen MR) is 72.6 cm³/mol. The molecule has 3 aliphatic heterocycles. The summed E-state index contributed by atoms with van der Waals surface area (Å²) >= 11 is 0. The van der Waals surface area contributed by atoms with E-state index in [-0.39, 0.29) is 11.4 Å². The van der Waals surface area contributed by atoms with Gasteiger partial charge in [-0.25, -0.2) is 0 Å². The zero-order valence-electron chi connectivity index (χ0n) is 11.1. The van der Waals surface area contributed by atoms with Crippen molar-refractivity contribution in [3.05, 3.63) is 29.8 Å². The molecular formula is C16H19NO2. The molecule has 0 N–H and O–H groups in total. The van der Waals surface area contributed by atoms with Crippen molar-refractivity contribution in [2.24, 2.45) is 0 Å². The lowest BCUT2D eigenvalue weighted by Crippen LogP contribution is -2.53. The quantitative estimate of drug-likeness (QED) is 0.715. The molecule has 2 saturated heterocycles. The monoisotopic (exact) mass is 257 g/mol. The molecule has 4 rings (SSSR count). The minimum absolute atomic E-state index is 0.225. The maximum absolute atomic E-state index is 12.4. The number of Topliss-reactive ketones (excluding diaryl/α,β-unsaturated/α-hetero) is 1. The zero-order valence-corrected chi connectivity index (χ0v) is 11.1. The molecule has 1 aromatic rings. The molecule has 0 amide bonds. The number of ketones is 1. The van der Waals surface area contributed by atoms with Gasteiger partial charge in [-0.05, 0) is 31.5 Å². The van der Waals surface area contributed by atoms with E-state index < -0.39 is 0 Å². The van der Waals surface area contributed by atoms with Gasteiger partial charge in [0.15, 0.2) is 5.78 Å². The molecule has 3 heterocycles. The molecule has 2 unspecified atom stereocenters. The Bertz CT molecular complexity index is 527. The SMILES string of the molecule is O=C1CC2(CCN3CCCC3C2)Oc2ccccc21. The van der Waals surface area contributed by atoms with Gasteiger partial charge in [-0.15, -0.1) is 0 Å². The second-order valence-electron chi connectivity index (χ2n) is 6.17. The fourth-order valence-corrected chi connectivity index (χ4v) is 4.00. The maximum Gasteiger partial charge on any atom is 0.170 e. The van der Waals surface area contributed by atoms with Crippen LogP contribution in [0.4, 0.5) is 0 Å². The number of piperidine rings is 1. The summed E-state index contributed by atoms with van der Waals surface area (Å²) in [6.07, 6.45) is 5.14. The van der Waals surface area contributed by atoms with Crippen LogP contribution in [0.25, 0.3) is 0 Å². The summed E-state index contributed by atoms with van der Waals surface area (Å²) in [5, 5.41) is 0. The molecule has 0 saturated carbocycles. The van der Waals surface area contributed by atoms with E-state index in [4.69, 9.17) is 4.74 Å². The largest absolute Gasteiger partial charge is 0.486 e. The van der Waals surface area contributed by atoms with Crippen molar-refractivity contribution in [1.82, 2.24) is 4.90 Å². The van der Waals surface area contributed by atoms with Crippen LogP contribution >= 0.6 is 0 Å². The Labute approximate surface area is 113 Å². The molecule has 0 radical (unpaired) electrons. The van der Waals surface area contributed by atoms with Gasteiger partial charge in [0, 0.05) is 25.4 Å². The molecule has 0 bridgehead atoms. The highest BCUT2D eigenvalue weighted by atomic mass is 16.5. The first-order valence-electron chi connectivity index (χ1n) is 7.31. The van der Waals surface area contributed by atoms with E-state index in [0.717, 1.165) is 30.7 Å². The average molecular weight is 257 g/mol. The van der Waals surface area contributed by atoms with E-state index in [1.165, 1.54) is 19.4 Å². The number of carbonyl (C=O) groups is 1. The molecule has 3 nitrogen and oxygen atoms in total. The van der Waals surface area contributed by atoms with Crippen LogP contribution < -0.4 is 4.74 Å². The van der Waals surface area contributed by atoms with Gasteiger partial charge < -0.3 is 9.64 Å². The maximum atomic E-state index is 12.4. The molecule has 2 atom stereocenters. The molecule has 1 spiro atoms. The van der Waals surface area contributed by atoms with E-state index in [1.807, 2.05) is 24.3 Å². The highest BCUT2D eigenvalue weighted by Crippen LogP contribution is 2.42. The lowest BCUT2D eigenvalue weighted by Gasteiger charge is -2.46. The van der Waals surface area contributed by atoms with Crippen LogP contribution in [-0.2, 0) is 0 Å². The fourth-order valence-electron chi connectivity index (χ4n) is 4.00. The van der Waals surface area contributed by atoms with Crippen LogP contribution in [-0.4, -0.2) is 35.4 Å². The standard InChI is InChI=1S/C16H19NO2/c18-14-11-16(19-15-6-2-1-5-13(14)15)7-9-17-8-3-4-12(17)10-16/h1-2,5-6,12H,3-4,7-11H2. The van der Waals surface area contributed by atoms with Crippen LogP contribution in [0.2, 0.25) is 0 Å². The minimum Gasteiger partial charge on any atom is -0.486 e. The fraction of sp³-hybridized carbons (Fsp3) is 0.562. The lowest BCUT2D eigenvalue weighted by atomic mass is 9.79. The Kier molecular flexibility index (Phi) is 2.46. The zero-order chi connectivity index (χ0) is 12.9. The molecule has 100 valence electrons. The van der Waals surface area contributed by atoms with Gasteiger partial charge in [0.2, 0.25) is 0 Å². The van der Waals surface area contributed by atoms with Crippen LogP contribution in [0.15, 0.2) is 24.3 Å². The first-order valence-corrected chi connectivity index (χ1v) is 7.31. The molecule has 3 aliphatic rings. The number of ether oxygens (including phenoxy) is 1. The number of hydrogen-bond acceptors (Lipinski definition) is 3. The molecule has 0 aliphatic carbocycles. The van der Waals surface area contributed by atoms with Gasteiger partial charge in [0.05, 0.1) is 12.0 Å². The second kappa shape index (κ2) is 4.07. The number of benzene rings is 1. The van der Waals surface area contributed by atoms with Crippen molar-refractivity contribution in [3.63, 3.8) is 0 Å². The predicted octanol–water partition coefficient (Wildman–Crippen LogP) is 2.65. The first kappa shape index (κ1) is 11.5. The molecule has 2 fully saturated rings. The topological polar surface area (TPSA) is 29.5 Å². The van der Waals surface area contributed by atoms with Crippen molar-refractivity contribution in [2.45, 2.75) is 43.7 Å². The van der Waals surface area contributed by atoms with Crippen molar-refractivity contribution in [1.29, 1.82) is 0 Å². The third kappa shape index (κ3) is 1.79. The molecule has 3 heteroatoms. The Balaban J connectivity index is 1.65. The highest BCUT2D eigenvalue weighted by Gasteiger charge is 2.47. The normalized spacial score (nSPS) is 33.9. The average Bonchev–Trinajstić information content (AvgIpc) is 2.85. The summed E-state index contributed by atoms with van der Waals surface area (Å²) in [5.41, 5.74) is 0.540. The third-order valence-corrected chi connectivity index (χ3v) is 4.96. The van der Waals surface area contributed by atoms with E-state index in [9.17, 15) is 4.79 Å². The first-order chi connectivity index (χ1) is 9.26. The summed E-state index contributed by atoms with van der Waals surface area (Å²) in [7, 11) is 0. The summed E-state index contributed by atoms with van der Waals surface area (Å²) < 4.78 is 6.29. The second-order valence-corrected chi connectivity index (χ2v) is 6.17. The summed E-state index contributed by atoms with van der Waals surface area (Å²) in [4.78, 5) is 14.9. The Morgan fingerprint density at radius 3 is 3.11 bits per heavy atom. The van der Waals surface area contributed by atoms with Gasteiger partial charge >= 0.3 is 0 Å². The van der Waals surface area contributed by atoms with Crippen molar-refractivity contribution in [2.75, 3.05) is 13.1 Å². The number of fused-ring (bicyclic) bond motifs is 2. The number of carbonyl (C=O) groups excluding carboxylic acids is 1. The summed E-state index contributed by atoms with van der Waals surface area (Å²) in [6, 6.07) is 8.32. The van der Waals surface area contributed by atoms with Crippen molar-refractivity contribution < 1.29 is 9.53 Å². The van der Waals surface area contributed by atoms with Crippen LogP contribution in [0, 0.1) is 0 Å². The van der Waals surface area contributed by atoms with Gasteiger partial charge in [-0.1, -0.05) is 12.1 Å². The van der Waals surface area contributed by atoms with Crippen molar-refractivity contribution >= 4 is 5.78 Å². The third-order valence-electron chi connectivity index (χ3n) is 4.96. The molecule has 19 heavy (non-hydrogen) atoms. The van der Waals surface area contributed by atoms with Gasteiger partial charge in [0.25, 0.3) is 0 Å². The lowest BCUT2D eigenvalue weighted by molar-refractivity contribution is -0.0228. The highest BCUT2D eigenvalue weighted by molar-refractivity contribution is 6.00. The number of rotatable bonds is 0. The van der Waals surface area contributed by atoms with E-state index in [1.54, 1.807) is 0 Å². The minimum atomic E-state index is -0.225. The van der Waals surface area contributed by atoms with Gasteiger partial charge in [0.1, 0.15) is 11.4 Å². The van der Waals surface area contributed by atoms with Crippen molar-refractivity contribution in [3.8, 4) is 5.75 Å². The molecule has 0 aromatic heterocycles. The summed E-state index contributed by atoms with van der Waals surface area (Å²) in [5.74, 6) is 1.05. The Hall–Kier alpha value is -1.35.